The fourth-order valence-corrected chi connectivity index (χ4v) is 3.54. The van der Waals surface area contributed by atoms with Crippen molar-refractivity contribution < 1.29 is 4.79 Å². The predicted molar refractivity (Wildman–Crippen MR) is 90.4 cm³/mol. The van der Waals surface area contributed by atoms with Crippen LogP contribution in [0.5, 0.6) is 0 Å². The maximum Gasteiger partial charge on any atom is 0.315 e. The molecule has 6 nitrogen and oxygen atoms in total. The van der Waals surface area contributed by atoms with Crippen LogP contribution in [0.3, 0.4) is 0 Å². The lowest BCUT2D eigenvalue weighted by Crippen LogP contribution is -2.45. The first-order chi connectivity index (χ1) is 11.3. The molecule has 2 fully saturated rings. The van der Waals surface area contributed by atoms with Crippen LogP contribution in [-0.4, -0.2) is 41.7 Å². The number of anilines is 1. The van der Waals surface area contributed by atoms with Crippen LogP contribution in [0.4, 0.5) is 10.6 Å². The molecule has 2 amide bonds. The predicted octanol–water partition coefficient (Wildman–Crippen LogP) is 2.32. The van der Waals surface area contributed by atoms with Crippen LogP contribution >= 0.6 is 0 Å². The van der Waals surface area contributed by atoms with Gasteiger partial charge in [-0.3, -0.25) is 4.98 Å². The highest BCUT2D eigenvalue weighted by atomic mass is 16.2. The van der Waals surface area contributed by atoms with Gasteiger partial charge in [0.15, 0.2) is 0 Å². The number of nitrogens with one attached hydrogen (secondary N) is 2. The van der Waals surface area contributed by atoms with Gasteiger partial charge in [0.05, 0.1) is 6.20 Å². The molecule has 6 heteroatoms. The largest absolute Gasteiger partial charge is 0.355 e. The monoisotopic (exact) mass is 317 g/mol. The second kappa shape index (κ2) is 8.13. The Bertz CT molecular complexity index is 481. The third-order valence-corrected chi connectivity index (χ3v) is 4.98. The molecule has 1 aromatic heterocycles. The fraction of sp³-hybridized carbons (Fsp3) is 0.706. The van der Waals surface area contributed by atoms with E-state index in [4.69, 9.17) is 0 Å². The summed E-state index contributed by atoms with van der Waals surface area (Å²) < 4.78 is 0. The van der Waals surface area contributed by atoms with Gasteiger partial charge in [-0.15, -0.1) is 0 Å². The maximum atomic E-state index is 12.0. The number of carbonyl (C=O) groups excluding carboxylic acids is 1. The number of amides is 2. The topological polar surface area (TPSA) is 70.2 Å². The Morgan fingerprint density at radius 3 is 2.61 bits per heavy atom. The number of piperidine rings is 1. The number of hydrogen-bond acceptors (Lipinski definition) is 4. The fourth-order valence-electron chi connectivity index (χ4n) is 3.54. The Morgan fingerprint density at radius 2 is 1.91 bits per heavy atom. The first-order valence-corrected chi connectivity index (χ1v) is 8.86. The highest BCUT2D eigenvalue weighted by Gasteiger charge is 2.21. The smallest absolute Gasteiger partial charge is 0.315 e. The molecule has 1 saturated carbocycles. The van der Waals surface area contributed by atoms with Crippen LogP contribution in [-0.2, 0) is 0 Å². The van der Waals surface area contributed by atoms with Gasteiger partial charge in [-0.05, 0) is 31.6 Å². The average molecular weight is 317 g/mol. The molecule has 2 aliphatic rings. The van der Waals surface area contributed by atoms with Crippen molar-refractivity contribution in [1.29, 1.82) is 0 Å². The Kier molecular flexibility index (Phi) is 5.66. The van der Waals surface area contributed by atoms with E-state index in [-0.39, 0.29) is 6.03 Å². The molecule has 1 aromatic rings. The van der Waals surface area contributed by atoms with Crippen LogP contribution in [0.15, 0.2) is 18.6 Å². The molecule has 3 rings (SSSR count). The summed E-state index contributed by atoms with van der Waals surface area (Å²) in [5.41, 5.74) is 0. The van der Waals surface area contributed by atoms with Gasteiger partial charge in [0, 0.05) is 38.1 Å². The van der Waals surface area contributed by atoms with Crippen molar-refractivity contribution in [2.24, 2.45) is 5.92 Å². The molecule has 0 atom stereocenters. The minimum absolute atomic E-state index is 0.00764. The van der Waals surface area contributed by atoms with E-state index >= 15 is 0 Å². The third-order valence-electron chi connectivity index (χ3n) is 4.98. The van der Waals surface area contributed by atoms with E-state index in [0.29, 0.717) is 12.0 Å². The van der Waals surface area contributed by atoms with E-state index in [1.54, 1.807) is 12.4 Å². The van der Waals surface area contributed by atoms with Gasteiger partial charge in [-0.1, -0.05) is 19.3 Å². The highest BCUT2D eigenvalue weighted by Crippen LogP contribution is 2.20. The Hall–Kier alpha value is -1.85. The second-order valence-electron chi connectivity index (χ2n) is 6.68. The van der Waals surface area contributed by atoms with Gasteiger partial charge in [-0.25, -0.2) is 9.78 Å². The SMILES string of the molecule is O=C(NCC1CCN(c2cnccn2)CC1)NC1CCCCC1. The normalized spacial score (nSPS) is 20.3. The molecule has 1 saturated heterocycles. The van der Waals surface area contributed by atoms with Gasteiger partial charge in [0.25, 0.3) is 0 Å². The summed E-state index contributed by atoms with van der Waals surface area (Å²) >= 11 is 0. The summed E-state index contributed by atoms with van der Waals surface area (Å²) in [6.45, 7) is 2.73. The van der Waals surface area contributed by atoms with Gasteiger partial charge >= 0.3 is 6.03 Å². The van der Waals surface area contributed by atoms with Gasteiger partial charge < -0.3 is 15.5 Å². The van der Waals surface area contributed by atoms with Crippen LogP contribution in [0.25, 0.3) is 0 Å². The van der Waals surface area contributed by atoms with Crippen LogP contribution in [0, 0.1) is 5.92 Å². The maximum absolute atomic E-state index is 12.0. The van der Waals surface area contributed by atoms with E-state index in [2.05, 4.69) is 25.5 Å². The molecule has 0 bridgehead atoms. The van der Waals surface area contributed by atoms with E-state index in [1.807, 2.05) is 6.20 Å². The van der Waals surface area contributed by atoms with Crippen molar-refractivity contribution in [3.8, 4) is 0 Å². The number of aromatic nitrogens is 2. The minimum Gasteiger partial charge on any atom is -0.355 e. The molecule has 2 N–H and O–H groups in total. The zero-order valence-corrected chi connectivity index (χ0v) is 13.7. The molecular formula is C17H27N5O. The lowest BCUT2D eigenvalue weighted by molar-refractivity contribution is 0.229. The first kappa shape index (κ1) is 16.0. The van der Waals surface area contributed by atoms with Crippen molar-refractivity contribution in [3.05, 3.63) is 18.6 Å². The van der Waals surface area contributed by atoms with Crippen molar-refractivity contribution in [2.45, 2.75) is 51.0 Å². The highest BCUT2D eigenvalue weighted by molar-refractivity contribution is 5.74. The Labute approximate surface area is 138 Å². The summed E-state index contributed by atoms with van der Waals surface area (Å²) in [6, 6.07) is 0.385. The van der Waals surface area contributed by atoms with Gasteiger partial charge in [0.1, 0.15) is 5.82 Å². The Balaban J connectivity index is 1.35. The number of hydrogen-bond donors (Lipinski definition) is 2. The van der Waals surface area contributed by atoms with E-state index < -0.39 is 0 Å². The van der Waals surface area contributed by atoms with Crippen molar-refractivity contribution in [2.75, 3.05) is 24.5 Å². The summed E-state index contributed by atoms with van der Waals surface area (Å²) in [7, 11) is 0. The molecule has 1 aliphatic carbocycles. The molecule has 0 aromatic carbocycles. The minimum atomic E-state index is 0.00764. The summed E-state index contributed by atoms with van der Waals surface area (Å²) in [4.78, 5) is 22.7. The number of urea groups is 1. The summed E-state index contributed by atoms with van der Waals surface area (Å²) in [5.74, 6) is 1.51. The Morgan fingerprint density at radius 1 is 1.13 bits per heavy atom. The van der Waals surface area contributed by atoms with Crippen LogP contribution in [0.2, 0.25) is 0 Å². The average Bonchev–Trinajstić information content (AvgIpc) is 2.62. The van der Waals surface area contributed by atoms with Crippen molar-refractivity contribution in [1.82, 2.24) is 20.6 Å². The molecule has 0 spiro atoms. The van der Waals surface area contributed by atoms with Crippen molar-refractivity contribution in [3.63, 3.8) is 0 Å². The van der Waals surface area contributed by atoms with Crippen LogP contribution in [0.1, 0.15) is 44.9 Å². The quantitative estimate of drug-likeness (QED) is 0.894. The zero-order chi connectivity index (χ0) is 15.9. The molecule has 23 heavy (non-hydrogen) atoms. The molecule has 0 radical (unpaired) electrons. The molecule has 0 unspecified atom stereocenters. The van der Waals surface area contributed by atoms with Crippen LogP contribution < -0.4 is 15.5 Å². The van der Waals surface area contributed by atoms with Gasteiger partial charge in [0.2, 0.25) is 0 Å². The zero-order valence-electron chi connectivity index (χ0n) is 13.7. The second-order valence-corrected chi connectivity index (χ2v) is 6.68. The lowest BCUT2D eigenvalue weighted by atomic mass is 9.95. The first-order valence-electron chi connectivity index (χ1n) is 8.86. The number of rotatable bonds is 4. The standard InChI is InChI=1S/C17H27N5O/c23-17(21-15-4-2-1-3-5-15)20-12-14-6-10-22(11-7-14)16-13-18-8-9-19-16/h8-9,13-15H,1-7,10-12H2,(H2,20,21,23). The third kappa shape index (κ3) is 4.81. The number of nitrogens with zero attached hydrogens (tertiary/aromatic N) is 3. The molecule has 126 valence electrons. The summed E-state index contributed by atoms with van der Waals surface area (Å²) in [5, 5.41) is 6.17. The molecule has 1 aliphatic heterocycles. The summed E-state index contributed by atoms with van der Waals surface area (Å²) in [6.07, 6.45) is 13.5. The lowest BCUT2D eigenvalue weighted by Gasteiger charge is -2.32. The molecule has 2 heterocycles. The van der Waals surface area contributed by atoms with Crippen molar-refractivity contribution >= 4 is 11.8 Å². The number of carbonyl (C=O) groups is 1. The van der Waals surface area contributed by atoms with E-state index in [0.717, 1.165) is 51.1 Å². The molecular weight excluding hydrogens is 290 g/mol. The van der Waals surface area contributed by atoms with Gasteiger partial charge in [-0.2, -0.15) is 0 Å². The van der Waals surface area contributed by atoms with E-state index in [9.17, 15) is 4.79 Å². The van der Waals surface area contributed by atoms with E-state index in [1.165, 1.54) is 19.3 Å².